The quantitative estimate of drug-likeness (QED) is 0.862. The Labute approximate surface area is 161 Å². The second kappa shape index (κ2) is 7.82. The van der Waals surface area contributed by atoms with Crippen molar-refractivity contribution in [3.63, 3.8) is 0 Å². The molecule has 27 heavy (non-hydrogen) atoms. The second-order valence-corrected chi connectivity index (χ2v) is 9.12. The van der Waals surface area contributed by atoms with E-state index in [1.165, 1.54) is 10.4 Å². The van der Waals surface area contributed by atoms with Crippen molar-refractivity contribution in [3.8, 4) is 0 Å². The summed E-state index contributed by atoms with van der Waals surface area (Å²) in [5.41, 5.74) is 3.75. The first kappa shape index (κ1) is 19.6. The first-order chi connectivity index (χ1) is 12.8. The number of carbonyl (C=O) groups excluding carboxylic acids is 1. The lowest BCUT2D eigenvalue weighted by Crippen LogP contribution is -2.36. The van der Waals surface area contributed by atoms with Crippen LogP contribution < -0.4 is 5.32 Å². The number of carbonyl (C=O) groups is 1. The minimum absolute atomic E-state index is 0.220. The van der Waals surface area contributed by atoms with Gasteiger partial charge in [0.1, 0.15) is 0 Å². The minimum atomic E-state index is -3.58. The van der Waals surface area contributed by atoms with Gasteiger partial charge >= 0.3 is 0 Å². The standard InChI is InChI=1S/C21H26N2O3S/c1-15-7-8-16(2)19(13-15)22-21(24)18-10-9-17(3)20(14-18)27(25,26)23-11-5-4-6-12-23/h7-10,13-14H,4-6,11-12H2,1-3H3,(H,22,24). The highest BCUT2D eigenvalue weighted by molar-refractivity contribution is 7.89. The summed E-state index contributed by atoms with van der Waals surface area (Å²) in [5, 5.41) is 2.90. The lowest BCUT2D eigenvalue weighted by molar-refractivity contribution is 0.102. The Bertz CT molecular complexity index is 961. The molecule has 0 unspecified atom stereocenters. The van der Waals surface area contributed by atoms with E-state index in [0.29, 0.717) is 24.2 Å². The van der Waals surface area contributed by atoms with Gasteiger partial charge in [0.15, 0.2) is 0 Å². The second-order valence-electron chi connectivity index (χ2n) is 7.22. The van der Waals surface area contributed by atoms with Crippen LogP contribution in [0.4, 0.5) is 5.69 Å². The molecule has 0 spiro atoms. The zero-order valence-electron chi connectivity index (χ0n) is 16.1. The van der Waals surface area contributed by atoms with Crippen molar-refractivity contribution in [1.82, 2.24) is 4.31 Å². The molecule has 0 aliphatic carbocycles. The van der Waals surface area contributed by atoms with Gasteiger partial charge in [-0.25, -0.2) is 8.42 Å². The Kier molecular flexibility index (Phi) is 5.67. The summed E-state index contributed by atoms with van der Waals surface area (Å²) < 4.78 is 27.6. The van der Waals surface area contributed by atoms with Crippen LogP contribution in [0.3, 0.4) is 0 Å². The van der Waals surface area contributed by atoms with Crippen LogP contribution in [0.1, 0.15) is 46.3 Å². The molecule has 1 amide bonds. The summed E-state index contributed by atoms with van der Waals surface area (Å²) in [6.45, 7) is 6.74. The fourth-order valence-electron chi connectivity index (χ4n) is 3.33. The summed E-state index contributed by atoms with van der Waals surface area (Å²) >= 11 is 0. The Hall–Kier alpha value is -2.18. The number of sulfonamides is 1. The Balaban J connectivity index is 1.90. The van der Waals surface area contributed by atoms with Crippen molar-refractivity contribution < 1.29 is 13.2 Å². The Morgan fingerprint density at radius 3 is 2.30 bits per heavy atom. The lowest BCUT2D eigenvalue weighted by Gasteiger charge is -2.26. The molecule has 0 radical (unpaired) electrons. The maximum absolute atomic E-state index is 13.0. The van der Waals surface area contributed by atoms with Gasteiger partial charge in [0.05, 0.1) is 4.90 Å². The molecule has 1 aliphatic rings. The van der Waals surface area contributed by atoms with Crippen molar-refractivity contribution in [1.29, 1.82) is 0 Å². The van der Waals surface area contributed by atoms with Gasteiger partial charge in [-0.05, 0) is 68.5 Å². The molecule has 0 saturated carbocycles. The molecule has 0 bridgehead atoms. The van der Waals surface area contributed by atoms with Gasteiger partial charge in [0.25, 0.3) is 5.91 Å². The van der Waals surface area contributed by atoms with Gasteiger partial charge < -0.3 is 5.32 Å². The van der Waals surface area contributed by atoms with Gasteiger partial charge in [0, 0.05) is 24.3 Å². The summed E-state index contributed by atoms with van der Waals surface area (Å²) in [7, 11) is -3.58. The molecule has 144 valence electrons. The highest BCUT2D eigenvalue weighted by Crippen LogP contribution is 2.25. The largest absolute Gasteiger partial charge is 0.322 e. The van der Waals surface area contributed by atoms with E-state index in [4.69, 9.17) is 0 Å². The third-order valence-electron chi connectivity index (χ3n) is 5.02. The van der Waals surface area contributed by atoms with Gasteiger partial charge in [-0.15, -0.1) is 0 Å². The monoisotopic (exact) mass is 386 g/mol. The molecule has 3 rings (SSSR count). The Morgan fingerprint density at radius 1 is 0.926 bits per heavy atom. The van der Waals surface area contributed by atoms with Crippen LogP contribution in [0.15, 0.2) is 41.3 Å². The number of amides is 1. The lowest BCUT2D eigenvalue weighted by atomic mass is 10.1. The smallest absolute Gasteiger partial charge is 0.255 e. The molecule has 1 heterocycles. The molecule has 1 fully saturated rings. The van der Waals surface area contributed by atoms with Crippen LogP contribution in [-0.4, -0.2) is 31.7 Å². The van der Waals surface area contributed by atoms with Crippen LogP contribution in [-0.2, 0) is 10.0 Å². The van der Waals surface area contributed by atoms with Crippen molar-refractivity contribution in [2.75, 3.05) is 18.4 Å². The van der Waals surface area contributed by atoms with Crippen molar-refractivity contribution in [3.05, 3.63) is 58.7 Å². The first-order valence-corrected chi connectivity index (χ1v) is 10.7. The van der Waals surface area contributed by atoms with Crippen molar-refractivity contribution in [2.24, 2.45) is 0 Å². The topological polar surface area (TPSA) is 66.5 Å². The predicted octanol–water partition coefficient (Wildman–Crippen LogP) is 4.04. The molecular weight excluding hydrogens is 360 g/mol. The normalized spacial score (nSPS) is 15.5. The van der Waals surface area contributed by atoms with Crippen molar-refractivity contribution >= 4 is 21.6 Å². The van der Waals surface area contributed by atoms with E-state index in [9.17, 15) is 13.2 Å². The van der Waals surface area contributed by atoms with Crippen LogP contribution >= 0.6 is 0 Å². The molecule has 1 N–H and O–H groups in total. The average molecular weight is 387 g/mol. The van der Waals surface area contributed by atoms with Gasteiger partial charge in [0.2, 0.25) is 10.0 Å². The van der Waals surface area contributed by atoms with E-state index < -0.39 is 10.0 Å². The number of rotatable bonds is 4. The molecule has 6 heteroatoms. The first-order valence-electron chi connectivity index (χ1n) is 9.28. The molecule has 2 aromatic carbocycles. The number of nitrogens with one attached hydrogen (secondary N) is 1. The van der Waals surface area contributed by atoms with Gasteiger partial charge in [-0.3, -0.25) is 4.79 Å². The van der Waals surface area contributed by atoms with Gasteiger partial charge in [-0.2, -0.15) is 4.31 Å². The number of aryl methyl sites for hydroxylation is 3. The minimum Gasteiger partial charge on any atom is -0.322 e. The maximum Gasteiger partial charge on any atom is 0.255 e. The van der Waals surface area contributed by atoms with Crippen LogP contribution in [0.2, 0.25) is 0 Å². The molecule has 2 aromatic rings. The number of nitrogens with zero attached hydrogens (tertiary/aromatic N) is 1. The summed E-state index contributed by atoms with van der Waals surface area (Å²) in [5.74, 6) is -0.307. The van der Waals surface area contributed by atoms with E-state index in [1.54, 1.807) is 19.1 Å². The highest BCUT2D eigenvalue weighted by atomic mass is 32.2. The zero-order valence-corrected chi connectivity index (χ0v) is 16.9. The van der Waals surface area contributed by atoms with Crippen LogP contribution in [0.25, 0.3) is 0 Å². The van der Waals surface area contributed by atoms with Gasteiger partial charge in [-0.1, -0.05) is 24.6 Å². The van der Waals surface area contributed by atoms with Crippen LogP contribution in [0, 0.1) is 20.8 Å². The zero-order chi connectivity index (χ0) is 19.6. The number of hydrogen-bond acceptors (Lipinski definition) is 3. The molecule has 0 aromatic heterocycles. The van der Waals surface area contributed by atoms with Crippen molar-refractivity contribution in [2.45, 2.75) is 44.9 Å². The van der Waals surface area contributed by atoms with E-state index in [1.807, 2.05) is 32.0 Å². The number of hydrogen-bond donors (Lipinski definition) is 1. The Morgan fingerprint density at radius 2 is 1.59 bits per heavy atom. The molecular formula is C21H26N2O3S. The number of benzene rings is 2. The van der Waals surface area contributed by atoms with E-state index in [0.717, 1.165) is 36.1 Å². The van der Waals surface area contributed by atoms with Crippen LogP contribution in [0.5, 0.6) is 0 Å². The number of piperidine rings is 1. The SMILES string of the molecule is Cc1ccc(C)c(NC(=O)c2ccc(C)c(S(=O)(=O)N3CCCCC3)c2)c1. The molecule has 0 atom stereocenters. The fourth-order valence-corrected chi connectivity index (χ4v) is 5.10. The maximum atomic E-state index is 13.0. The van der Waals surface area contributed by atoms with E-state index in [2.05, 4.69) is 5.32 Å². The summed E-state index contributed by atoms with van der Waals surface area (Å²) in [6, 6.07) is 10.7. The predicted molar refractivity (Wildman–Crippen MR) is 108 cm³/mol. The molecule has 5 nitrogen and oxygen atoms in total. The summed E-state index contributed by atoms with van der Waals surface area (Å²) in [4.78, 5) is 12.9. The number of anilines is 1. The molecule has 1 saturated heterocycles. The highest BCUT2D eigenvalue weighted by Gasteiger charge is 2.28. The fraction of sp³-hybridized carbons (Fsp3) is 0.381. The third-order valence-corrected chi connectivity index (χ3v) is 7.07. The van der Waals surface area contributed by atoms with E-state index in [-0.39, 0.29) is 10.8 Å². The average Bonchev–Trinajstić information content (AvgIpc) is 2.65. The summed E-state index contributed by atoms with van der Waals surface area (Å²) in [6.07, 6.45) is 2.82. The van der Waals surface area contributed by atoms with E-state index >= 15 is 0 Å². The molecule has 1 aliphatic heterocycles. The third kappa shape index (κ3) is 4.22.